The number of amides is 1. The number of nitrogens with zero attached hydrogens (tertiary/aromatic N) is 2. The lowest BCUT2D eigenvalue weighted by Crippen LogP contribution is -2.57. The van der Waals surface area contributed by atoms with E-state index in [1.54, 1.807) is 0 Å². The van der Waals surface area contributed by atoms with Gasteiger partial charge in [-0.2, -0.15) is 0 Å². The Morgan fingerprint density at radius 2 is 1.62 bits per heavy atom. The molecule has 2 unspecified atom stereocenters. The van der Waals surface area contributed by atoms with Gasteiger partial charge in [0.1, 0.15) is 5.54 Å². The zero-order valence-corrected chi connectivity index (χ0v) is 15.7. The van der Waals surface area contributed by atoms with Gasteiger partial charge in [0.25, 0.3) is 0 Å². The Kier molecular flexibility index (Phi) is 4.19. The highest BCUT2D eigenvalue weighted by Gasteiger charge is 2.51. The molecule has 2 atom stereocenters. The lowest BCUT2D eigenvalue weighted by Gasteiger charge is -2.45. The highest BCUT2D eigenvalue weighted by atomic mass is 16.2. The Bertz CT molecular complexity index is 639. The minimum absolute atomic E-state index is 0.237. The number of benzene rings is 1. The molecule has 1 N–H and O–H groups in total. The Balaban J connectivity index is 1.29. The third-order valence-electron chi connectivity index (χ3n) is 7.76. The summed E-state index contributed by atoms with van der Waals surface area (Å²) in [5, 5.41) is 3.12. The lowest BCUT2D eigenvalue weighted by atomic mass is 9.82. The third kappa shape index (κ3) is 2.65. The first-order valence-electron chi connectivity index (χ1n) is 10.6. The van der Waals surface area contributed by atoms with Crippen molar-refractivity contribution in [1.29, 1.82) is 0 Å². The second-order valence-electron chi connectivity index (χ2n) is 8.92. The highest BCUT2D eigenvalue weighted by molar-refractivity contribution is 5.93. The molecule has 140 valence electrons. The van der Waals surface area contributed by atoms with E-state index in [4.69, 9.17) is 0 Å². The van der Waals surface area contributed by atoms with E-state index in [-0.39, 0.29) is 11.4 Å². The number of fused-ring (bicyclic) bond motifs is 1. The summed E-state index contributed by atoms with van der Waals surface area (Å²) >= 11 is 0. The maximum absolute atomic E-state index is 12.8. The van der Waals surface area contributed by atoms with Crippen molar-refractivity contribution in [2.24, 2.45) is 11.8 Å². The van der Waals surface area contributed by atoms with Crippen LogP contribution >= 0.6 is 0 Å². The zero-order chi connectivity index (χ0) is 17.6. The Labute approximate surface area is 156 Å². The van der Waals surface area contributed by atoms with Crippen molar-refractivity contribution in [2.75, 3.05) is 24.7 Å². The Hall–Kier alpha value is -1.55. The molecule has 2 aliphatic carbocycles. The van der Waals surface area contributed by atoms with Crippen LogP contribution in [0, 0.1) is 11.8 Å². The van der Waals surface area contributed by atoms with Crippen molar-refractivity contribution in [3.05, 3.63) is 30.3 Å². The SMILES string of the molecule is O=C1NCN(c2ccccc2)C12CCN(C1CC3CCCCC3C1)CC2. The summed E-state index contributed by atoms with van der Waals surface area (Å²) in [7, 11) is 0. The third-order valence-corrected chi connectivity index (χ3v) is 7.76. The van der Waals surface area contributed by atoms with Gasteiger partial charge in [-0.25, -0.2) is 0 Å². The molecule has 1 aromatic carbocycles. The van der Waals surface area contributed by atoms with E-state index in [1.807, 2.05) is 6.07 Å². The summed E-state index contributed by atoms with van der Waals surface area (Å²) in [6.07, 6.45) is 10.6. The van der Waals surface area contributed by atoms with Gasteiger partial charge in [-0.05, 0) is 49.7 Å². The predicted octanol–water partition coefficient (Wildman–Crippen LogP) is 3.38. The van der Waals surface area contributed by atoms with Crippen LogP contribution < -0.4 is 10.2 Å². The highest BCUT2D eigenvalue weighted by Crippen LogP contribution is 2.45. The molecule has 5 rings (SSSR count). The molecule has 4 aliphatic rings. The molecule has 2 saturated carbocycles. The van der Waals surface area contributed by atoms with Gasteiger partial charge in [-0.3, -0.25) is 4.79 Å². The molecule has 1 spiro atoms. The summed E-state index contributed by atoms with van der Waals surface area (Å²) in [4.78, 5) is 17.8. The summed E-state index contributed by atoms with van der Waals surface area (Å²) in [5.41, 5.74) is 0.842. The second kappa shape index (κ2) is 6.56. The van der Waals surface area contributed by atoms with Crippen molar-refractivity contribution < 1.29 is 4.79 Å². The Morgan fingerprint density at radius 1 is 0.962 bits per heavy atom. The summed E-state index contributed by atoms with van der Waals surface area (Å²) in [6, 6.07) is 11.2. The average Bonchev–Trinajstić information content (AvgIpc) is 3.25. The molecule has 1 aromatic rings. The van der Waals surface area contributed by atoms with E-state index < -0.39 is 0 Å². The van der Waals surface area contributed by atoms with Crippen molar-refractivity contribution in [1.82, 2.24) is 10.2 Å². The molecular formula is C22H31N3O. The van der Waals surface area contributed by atoms with Crippen molar-refractivity contribution in [3.63, 3.8) is 0 Å². The minimum atomic E-state index is -0.330. The van der Waals surface area contributed by atoms with Crippen molar-refractivity contribution in [3.8, 4) is 0 Å². The van der Waals surface area contributed by atoms with Crippen LogP contribution in [0.1, 0.15) is 51.4 Å². The van der Waals surface area contributed by atoms with Crippen LogP contribution in [0.15, 0.2) is 30.3 Å². The van der Waals surface area contributed by atoms with Crippen LogP contribution in [0.4, 0.5) is 5.69 Å². The first-order valence-corrected chi connectivity index (χ1v) is 10.6. The number of carbonyl (C=O) groups is 1. The topological polar surface area (TPSA) is 35.6 Å². The molecular weight excluding hydrogens is 322 g/mol. The van der Waals surface area contributed by atoms with E-state index in [0.29, 0.717) is 6.67 Å². The molecule has 2 heterocycles. The Morgan fingerprint density at radius 3 is 2.27 bits per heavy atom. The summed E-state index contributed by atoms with van der Waals surface area (Å²) in [5.74, 6) is 2.21. The number of rotatable bonds is 2. The molecule has 4 nitrogen and oxygen atoms in total. The van der Waals surface area contributed by atoms with E-state index in [1.165, 1.54) is 44.2 Å². The molecule has 4 heteroatoms. The monoisotopic (exact) mass is 353 g/mol. The average molecular weight is 354 g/mol. The van der Waals surface area contributed by atoms with Crippen LogP contribution in [-0.2, 0) is 4.79 Å². The minimum Gasteiger partial charge on any atom is -0.339 e. The van der Waals surface area contributed by atoms with Crippen LogP contribution in [0.25, 0.3) is 0 Å². The van der Waals surface area contributed by atoms with E-state index >= 15 is 0 Å². The van der Waals surface area contributed by atoms with Gasteiger partial charge in [0.15, 0.2) is 0 Å². The number of nitrogens with one attached hydrogen (secondary N) is 1. The van der Waals surface area contributed by atoms with E-state index in [0.717, 1.165) is 43.8 Å². The van der Waals surface area contributed by atoms with Gasteiger partial charge in [0.2, 0.25) is 5.91 Å². The van der Waals surface area contributed by atoms with Gasteiger partial charge >= 0.3 is 0 Å². The molecule has 2 saturated heterocycles. The van der Waals surface area contributed by atoms with E-state index in [9.17, 15) is 4.79 Å². The standard InChI is InChI=1S/C22H31N3O/c26-21-22(25(16-23-21)19-8-2-1-3-9-19)10-12-24(13-11-22)20-14-17-6-4-5-7-18(17)15-20/h1-3,8-9,17-18,20H,4-7,10-16H2,(H,23,26). The number of piperidine rings is 1. The fraction of sp³-hybridized carbons (Fsp3) is 0.682. The quantitative estimate of drug-likeness (QED) is 0.885. The van der Waals surface area contributed by atoms with Gasteiger partial charge in [-0.15, -0.1) is 0 Å². The van der Waals surface area contributed by atoms with Crippen LogP contribution in [0.5, 0.6) is 0 Å². The van der Waals surface area contributed by atoms with Gasteiger partial charge in [-0.1, -0.05) is 43.9 Å². The largest absolute Gasteiger partial charge is 0.339 e. The van der Waals surface area contributed by atoms with Gasteiger partial charge in [0, 0.05) is 24.8 Å². The molecule has 2 aliphatic heterocycles. The fourth-order valence-corrected chi connectivity index (χ4v) is 6.29. The maximum Gasteiger partial charge on any atom is 0.247 e. The number of anilines is 1. The van der Waals surface area contributed by atoms with Crippen LogP contribution in [-0.4, -0.2) is 42.1 Å². The summed E-state index contributed by atoms with van der Waals surface area (Å²) < 4.78 is 0. The molecule has 1 amide bonds. The number of carbonyl (C=O) groups excluding carboxylic acids is 1. The zero-order valence-electron chi connectivity index (χ0n) is 15.7. The first-order chi connectivity index (χ1) is 12.8. The molecule has 4 fully saturated rings. The summed E-state index contributed by atoms with van der Waals surface area (Å²) in [6.45, 7) is 2.79. The van der Waals surface area contributed by atoms with Crippen LogP contribution in [0.2, 0.25) is 0 Å². The van der Waals surface area contributed by atoms with E-state index in [2.05, 4.69) is 39.4 Å². The number of para-hydroxylation sites is 1. The normalized spacial score (nSPS) is 34.1. The smallest absolute Gasteiger partial charge is 0.247 e. The molecule has 0 bridgehead atoms. The molecule has 26 heavy (non-hydrogen) atoms. The lowest BCUT2D eigenvalue weighted by molar-refractivity contribution is -0.125. The van der Waals surface area contributed by atoms with Gasteiger partial charge < -0.3 is 15.1 Å². The predicted molar refractivity (Wildman–Crippen MR) is 104 cm³/mol. The second-order valence-corrected chi connectivity index (χ2v) is 8.92. The van der Waals surface area contributed by atoms with Crippen LogP contribution in [0.3, 0.4) is 0 Å². The molecule has 0 aromatic heterocycles. The number of hydrogen-bond donors (Lipinski definition) is 1. The van der Waals surface area contributed by atoms with Crippen molar-refractivity contribution >= 4 is 11.6 Å². The molecule has 0 radical (unpaired) electrons. The first kappa shape index (κ1) is 16.6. The van der Waals surface area contributed by atoms with Gasteiger partial charge in [0.05, 0.1) is 6.67 Å². The maximum atomic E-state index is 12.8. The van der Waals surface area contributed by atoms with Crippen molar-refractivity contribution in [2.45, 2.75) is 62.9 Å². The fourth-order valence-electron chi connectivity index (χ4n) is 6.29. The number of likely N-dealkylation sites (tertiary alicyclic amines) is 1. The number of hydrogen-bond acceptors (Lipinski definition) is 3.